The first-order valence-corrected chi connectivity index (χ1v) is 10.1. The van der Waals surface area contributed by atoms with Gasteiger partial charge in [-0.1, -0.05) is 119 Å². The minimum atomic E-state index is 1.16. The van der Waals surface area contributed by atoms with Gasteiger partial charge in [0.1, 0.15) is 0 Å². The number of nitrogens with one attached hydrogen (secondary N) is 1. The minimum absolute atomic E-state index is 1.16. The molecule has 0 spiro atoms. The fraction of sp³-hybridized carbons (Fsp3) is 0.818. The van der Waals surface area contributed by atoms with Crippen molar-refractivity contribution in [3.05, 3.63) is 24.4 Å². The van der Waals surface area contributed by atoms with Crippen molar-refractivity contribution < 1.29 is 0 Å². The van der Waals surface area contributed by atoms with Crippen molar-refractivity contribution in [2.45, 2.75) is 114 Å². The zero-order valence-electron chi connectivity index (χ0n) is 18.5. The molecule has 0 aliphatic heterocycles. The molecular formula is C22H51N. The lowest BCUT2D eigenvalue weighted by Crippen LogP contribution is -1.92. The summed E-state index contributed by atoms with van der Waals surface area (Å²) >= 11 is 0. The average Bonchev–Trinajstić information content (AvgIpc) is 2.60. The molecule has 0 rings (SSSR count). The van der Waals surface area contributed by atoms with Crippen LogP contribution in [0.1, 0.15) is 114 Å². The molecule has 1 nitrogen and oxygen atoms in total. The van der Waals surface area contributed by atoms with E-state index in [-0.39, 0.29) is 0 Å². The van der Waals surface area contributed by atoms with Crippen molar-refractivity contribution in [1.82, 2.24) is 5.32 Å². The maximum Gasteiger partial charge on any atom is 0.00277 e. The molecule has 0 saturated heterocycles. The van der Waals surface area contributed by atoms with Gasteiger partial charge in [-0.15, -0.1) is 0 Å². The normalized spacial score (nSPS) is 8.52. The quantitative estimate of drug-likeness (QED) is 0.347. The molecule has 0 fully saturated rings. The average molecular weight is 330 g/mol. The standard InChI is InChI=1S/C9H20.C6H11N.C3H8.2C2H6/c1-3-5-7-9-8-6-4-2;1-4-6(2)5-7-3;1-3-2;2*1-2/h3-9H2,1-2H3;4-5,7H,1H2,2-3H3;3H2,1-2H3;2*1-2H3/b;6-5-;;;. The van der Waals surface area contributed by atoms with E-state index in [4.69, 9.17) is 0 Å². The van der Waals surface area contributed by atoms with E-state index in [2.05, 4.69) is 39.6 Å². The molecule has 0 saturated carbocycles. The van der Waals surface area contributed by atoms with Gasteiger partial charge in [0, 0.05) is 7.05 Å². The molecular weight excluding hydrogens is 278 g/mol. The highest BCUT2D eigenvalue weighted by Crippen LogP contribution is 2.05. The van der Waals surface area contributed by atoms with Crippen LogP contribution in [0.25, 0.3) is 0 Å². The van der Waals surface area contributed by atoms with E-state index < -0.39 is 0 Å². The molecule has 0 atom stereocenters. The number of hydrogen-bond donors (Lipinski definition) is 1. The second-order valence-corrected chi connectivity index (χ2v) is 4.86. The molecule has 23 heavy (non-hydrogen) atoms. The first-order valence-electron chi connectivity index (χ1n) is 10.1. The van der Waals surface area contributed by atoms with Crippen LogP contribution < -0.4 is 5.32 Å². The molecule has 0 heterocycles. The maximum absolute atomic E-state index is 3.57. The zero-order chi connectivity index (χ0) is 19.4. The molecule has 0 aromatic carbocycles. The number of rotatable bonds is 8. The smallest absolute Gasteiger partial charge is 0.00277 e. The van der Waals surface area contributed by atoms with Gasteiger partial charge in [0.25, 0.3) is 0 Å². The molecule has 0 unspecified atom stereocenters. The van der Waals surface area contributed by atoms with Crippen molar-refractivity contribution in [2.24, 2.45) is 0 Å². The molecule has 0 bridgehead atoms. The lowest BCUT2D eigenvalue weighted by molar-refractivity contribution is 0.602. The second-order valence-electron chi connectivity index (χ2n) is 4.86. The molecule has 0 aliphatic rings. The first kappa shape index (κ1) is 33.8. The van der Waals surface area contributed by atoms with Crippen LogP contribution in [0, 0.1) is 0 Å². The third-order valence-corrected chi connectivity index (χ3v) is 2.40. The Labute approximate surface area is 151 Å². The third-order valence-electron chi connectivity index (χ3n) is 2.40. The Balaban J connectivity index is -0.0000000685. The summed E-state index contributed by atoms with van der Waals surface area (Å²) in [5.74, 6) is 0. The molecule has 0 aromatic heterocycles. The van der Waals surface area contributed by atoms with E-state index in [0.717, 1.165) is 5.57 Å². The number of unbranched alkanes of at least 4 members (excludes halogenated alkanes) is 6. The van der Waals surface area contributed by atoms with E-state index in [1.165, 1.54) is 51.4 Å². The highest BCUT2D eigenvalue weighted by molar-refractivity contribution is 5.10. The van der Waals surface area contributed by atoms with Gasteiger partial charge in [0.2, 0.25) is 0 Å². The van der Waals surface area contributed by atoms with Crippen LogP contribution in [0.5, 0.6) is 0 Å². The van der Waals surface area contributed by atoms with Gasteiger partial charge in [-0.3, -0.25) is 0 Å². The van der Waals surface area contributed by atoms with Gasteiger partial charge >= 0.3 is 0 Å². The number of hydrogen-bond acceptors (Lipinski definition) is 1. The van der Waals surface area contributed by atoms with Gasteiger partial charge < -0.3 is 5.32 Å². The fourth-order valence-corrected chi connectivity index (χ4v) is 1.32. The highest BCUT2D eigenvalue weighted by Gasteiger charge is 1.85. The van der Waals surface area contributed by atoms with Crippen LogP contribution in [0.4, 0.5) is 0 Å². The van der Waals surface area contributed by atoms with E-state index in [1.54, 1.807) is 6.08 Å². The van der Waals surface area contributed by atoms with E-state index in [1.807, 2.05) is 47.9 Å². The number of allylic oxidation sites excluding steroid dienone is 2. The van der Waals surface area contributed by atoms with Crippen molar-refractivity contribution in [3.8, 4) is 0 Å². The van der Waals surface area contributed by atoms with E-state index in [0.29, 0.717) is 0 Å². The first-order chi connectivity index (χ1) is 11.1. The fourth-order valence-electron chi connectivity index (χ4n) is 1.32. The summed E-state index contributed by atoms with van der Waals surface area (Å²) in [6.45, 7) is 22.3. The van der Waals surface area contributed by atoms with Gasteiger partial charge in [0.05, 0.1) is 0 Å². The predicted octanol–water partition coefficient (Wildman–Crippen LogP) is 8.52. The van der Waals surface area contributed by atoms with Crippen LogP contribution in [-0.2, 0) is 0 Å². The van der Waals surface area contributed by atoms with Gasteiger partial charge in [-0.25, -0.2) is 0 Å². The van der Waals surface area contributed by atoms with Gasteiger partial charge in [-0.2, -0.15) is 0 Å². The Kier molecular flexibility index (Phi) is 72.9. The van der Waals surface area contributed by atoms with E-state index in [9.17, 15) is 0 Å². The van der Waals surface area contributed by atoms with Crippen LogP contribution in [-0.4, -0.2) is 7.05 Å². The van der Waals surface area contributed by atoms with Crippen molar-refractivity contribution in [3.63, 3.8) is 0 Å². The molecule has 1 heteroatoms. The predicted molar refractivity (Wildman–Crippen MR) is 115 cm³/mol. The molecule has 0 amide bonds. The molecule has 0 aromatic rings. The Hall–Kier alpha value is -0.720. The molecule has 0 radical (unpaired) electrons. The minimum Gasteiger partial charge on any atom is -0.394 e. The summed E-state index contributed by atoms with van der Waals surface area (Å²) in [7, 11) is 1.87. The van der Waals surface area contributed by atoms with Crippen LogP contribution >= 0.6 is 0 Å². The largest absolute Gasteiger partial charge is 0.394 e. The van der Waals surface area contributed by atoms with Crippen molar-refractivity contribution >= 4 is 0 Å². The SMILES string of the molecule is C=C/C(C)=C\NC.CC.CC.CCC.CCCCCCCCC. The van der Waals surface area contributed by atoms with Crippen LogP contribution in [0.3, 0.4) is 0 Å². The third kappa shape index (κ3) is 74.9. The second kappa shape index (κ2) is 49.6. The Morgan fingerprint density at radius 2 is 1.09 bits per heavy atom. The summed E-state index contributed by atoms with van der Waals surface area (Å²) in [5.41, 5.74) is 1.16. The Morgan fingerprint density at radius 3 is 1.26 bits per heavy atom. The zero-order valence-corrected chi connectivity index (χ0v) is 18.5. The topological polar surface area (TPSA) is 12.0 Å². The van der Waals surface area contributed by atoms with Crippen LogP contribution in [0.2, 0.25) is 0 Å². The Bertz CT molecular complexity index is 165. The maximum atomic E-state index is 3.57. The summed E-state index contributed by atoms with van der Waals surface area (Å²) in [4.78, 5) is 0. The van der Waals surface area contributed by atoms with Gasteiger partial charge in [-0.05, 0) is 18.7 Å². The molecule has 0 aliphatic carbocycles. The Morgan fingerprint density at radius 1 is 0.783 bits per heavy atom. The summed E-state index contributed by atoms with van der Waals surface area (Å²) in [6, 6.07) is 0. The van der Waals surface area contributed by atoms with Crippen molar-refractivity contribution in [1.29, 1.82) is 0 Å². The summed E-state index contributed by atoms with van der Waals surface area (Å²) in [6.07, 6.45) is 14.9. The summed E-state index contributed by atoms with van der Waals surface area (Å²) < 4.78 is 0. The lowest BCUT2D eigenvalue weighted by atomic mass is 10.1. The van der Waals surface area contributed by atoms with E-state index >= 15 is 0 Å². The van der Waals surface area contributed by atoms with Crippen LogP contribution in [0.15, 0.2) is 24.4 Å². The lowest BCUT2D eigenvalue weighted by Gasteiger charge is -1.96. The summed E-state index contributed by atoms with van der Waals surface area (Å²) in [5, 5.41) is 2.89. The highest BCUT2D eigenvalue weighted by atomic mass is 14.8. The molecule has 144 valence electrons. The molecule has 1 N–H and O–H groups in total. The van der Waals surface area contributed by atoms with Crippen molar-refractivity contribution in [2.75, 3.05) is 7.05 Å². The van der Waals surface area contributed by atoms with Gasteiger partial charge in [0.15, 0.2) is 0 Å². The monoisotopic (exact) mass is 329 g/mol.